The van der Waals surface area contributed by atoms with Crippen molar-refractivity contribution in [3.05, 3.63) is 53.2 Å². The minimum atomic E-state index is -0.223. The van der Waals surface area contributed by atoms with Crippen LogP contribution in [0.25, 0.3) is 0 Å². The van der Waals surface area contributed by atoms with Gasteiger partial charge in [-0.3, -0.25) is 0 Å². The van der Waals surface area contributed by atoms with Crippen molar-refractivity contribution >= 4 is 5.82 Å². The first kappa shape index (κ1) is 14.4. The molecular weight excluding hydrogens is 253 g/mol. The van der Waals surface area contributed by atoms with E-state index < -0.39 is 0 Å². The van der Waals surface area contributed by atoms with Crippen LogP contribution in [0.4, 0.5) is 10.2 Å². The lowest BCUT2D eigenvalue weighted by Crippen LogP contribution is -2.07. The summed E-state index contributed by atoms with van der Waals surface area (Å²) in [5.74, 6) is 1.74. The van der Waals surface area contributed by atoms with Gasteiger partial charge in [0.1, 0.15) is 17.5 Å². The van der Waals surface area contributed by atoms with Crippen molar-refractivity contribution in [2.24, 2.45) is 0 Å². The Balaban J connectivity index is 2.27. The first-order chi connectivity index (χ1) is 9.58. The number of benzene rings is 1. The minimum absolute atomic E-state index is 0.223. The molecule has 0 atom stereocenters. The monoisotopic (exact) mass is 273 g/mol. The van der Waals surface area contributed by atoms with Crippen LogP contribution in [0.3, 0.4) is 0 Å². The smallest absolute Gasteiger partial charge is 0.135 e. The second kappa shape index (κ2) is 6.46. The molecule has 2 aromatic rings. The summed E-state index contributed by atoms with van der Waals surface area (Å²) in [6.07, 6.45) is 0.610. The fraction of sp³-hybridized carbons (Fsp3) is 0.375. The van der Waals surface area contributed by atoms with Crippen LogP contribution in [0.1, 0.15) is 43.8 Å². The summed E-state index contributed by atoms with van der Waals surface area (Å²) in [4.78, 5) is 9.10. The number of nitrogens with zero attached hydrogens (tertiary/aromatic N) is 2. The Hall–Kier alpha value is -1.97. The van der Waals surface area contributed by atoms with Gasteiger partial charge < -0.3 is 5.32 Å². The van der Waals surface area contributed by atoms with Crippen molar-refractivity contribution in [2.45, 2.75) is 33.1 Å². The molecule has 4 heteroatoms. The molecule has 3 nitrogen and oxygen atoms in total. The van der Waals surface area contributed by atoms with Crippen LogP contribution in [-0.2, 0) is 6.42 Å². The molecule has 1 N–H and O–H groups in total. The second-order valence-corrected chi connectivity index (χ2v) is 5.08. The van der Waals surface area contributed by atoms with E-state index in [1.807, 2.05) is 13.0 Å². The molecule has 0 aliphatic rings. The van der Waals surface area contributed by atoms with Crippen molar-refractivity contribution < 1.29 is 4.39 Å². The number of nitrogens with one attached hydrogen (secondary N) is 1. The van der Waals surface area contributed by atoms with Gasteiger partial charge >= 0.3 is 0 Å². The molecule has 1 aromatic carbocycles. The normalized spacial score (nSPS) is 10.8. The zero-order valence-corrected chi connectivity index (χ0v) is 12.2. The van der Waals surface area contributed by atoms with Crippen molar-refractivity contribution in [1.29, 1.82) is 0 Å². The van der Waals surface area contributed by atoms with Crippen molar-refractivity contribution in [1.82, 2.24) is 9.97 Å². The van der Waals surface area contributed by atoms with E-state index in [-0.39, 0.29) is 5.82 Å². The van der Waals surface area contributed by atoms with Crippen LogP contribution < -0.4 is 5.32 Å². The molecule has 0 aliphatic heterocycles. The Labute approximate surface area is 119 Å². The summed E-state index contributed by atoms with van der Waals surface area (Å²) < 4.78 is 12.9. The molecule has 0 fully saturated rings. The van der Waals surface area contributed by atoms with Gasteiger partial charge in [0.05, 0.1) is 0 Å². The molecule has 0 bridgehead atoms. The van der Waals surface area contributed by atoms with Crippen LogP contribution >= 0.6 is 0 Å². The SMILES string of the molecule is CCNc1cc(C(C)C)nc(Cc2ccc(F)cc2)n1. The first-order valence-electron chi connectivity index (χ1n) is 6.94. The lowest BCUT2D eigenvalue weighted by molar-refractivity contribution is 0.627. The van der Waals surface area contributed by atoms with Gasteiger partial charge in [0, 0.05) is 24.7 Å². The van der Waals surface area contributed by atoms with Gasteiger partial charge in [-0.2, -0.15) is 0 Å². The maximum absolute atomic E-state index is 12.9. The van der Waals surface area contributed by atoms with Gasteiger partial charge in [0.25, 0.3) is 0 Å². The largest absolute Gasteiger partial charge is 0.370 e. The fourth-order valence-corrected chi connectivity index (χ4v) is 1.95. The average Bonchev–Trinajstić information content (AvgIpc) is 2.41. The van der Waals surface area contributed by atoms with Crippen LogP contribution in [-0.4, -0.2) is 16.5 Å². The predicted octanol–water partition coefficient (Wildman–Crippen LogP) is 3.76. The van der Waals surface area contributed by atoms with E-state index in [1.54, 1.807) is 12.1 Å². The number of rotatable bonds is 5. The summed E-state index contributed by atoms with van der Waals surface area (Å²) in [5.41, 5.74) is 2.03. The van der Waals surface area contributed by atoms with E-state index >= 15 is 0 Å². The van der Waals surface area contributed by atoms with Crippen LogP contribution in [0.2, 0.25) is 0 Å². The molecule has 0 unspecified atom stereocenters. The third-order valence-corrected chi connectivity index (χ3v) is 3.02. The molecule has 0 amide bonds. The van der Waals surface area contributed by atoms with Gasteiger partial charge in [-0.05, 0) is 30.5 Å². The molecule has 20 heavy (non-hydrogen) atoms. The van der Waals surface area contributed by atoms with Gasteiger partial charge in [-0.25, -0.2) is 14.4 Å². The highest BCUT2D eigenvalue weighted by molar-refractivity contribution is 5.37. The third kappa shape index (κ3) is 3.76. The molecule has 2 rings (SSSR count). The molecule has 0 saturated carbocycles. The molecule has 0 radical (unpaired) electrons. The molecule has 0 aliphatic carbocycles. The molecule has 0 spiro atoms. The zero-order chi connectivity index (χ0) is 14.5. The predicted molar refractivity (Wildman–Crippen MR) is 79.5 cm³/mol. The van der Waals surface area contributed by atoms with Crippen molar-refractivity contribution in [3.63, 3.8) is 0 Å². The van der Waals surface area contributed by atoms with Crippen molar-refractivity contribution in [2.75, 3.05) is 11.9 Å². The van der Waals surface area contributed by atoms with E-state index in [0.717, 1.165) is 29.4 Å². The highest BCUT2D eigenvalue weighted by Gasteiger charge is 2.08. The van der Waals surface area contributed by atoms with E-state index in [0.29, 0.717) is 12.3 Å². The zero-order valence-electron chi connectivity index (χ0n) is 12.2. The van der Waals surface area contributed by atoms with Crippen LogP contribution in [0.15, 0.2) is 30.3 Å². The molecule has 0 saturated heterocycles. The Morgan fingerprint density at radius 3 is 2.45 bits per heavy atom. The fourth-order valence-electron chi connectivity index (χ4n) is 1.95. The number of halogens is 1. The summed E-state index contributed by atoms with van der Waals surface area (Å²) in [5, 5.41) is 3.23. The van der Waals surface area contributed by atoms with Crippen molar-refractivity contribution in [3.8, 4) is 0 Å². The number of aromatic nitrogens is 2. The van der Waals surface area contributed by atoms with Gasteiger partial charge in [-0.15, -0.1) is 0 Å². The number of anilines is 1. The van der Waals surface area contributed by atoms with Gasteiger partial charge in [0.15, 0.2) is 0 Å². The number of hydrogen-bond acceptors (Lipinski definition) is 3. The highest BCUT2D eigenvalue weighted by Crippen LogP contribution is 2.17. The first-order valence-corrected chi connectivity index (χ1v) is 6.94. The van der Waals surface area contributed by atoms with Crippen LogP contribution in [0, 0.1) is 5.82 Å². The third-order valence-electron chi connectivity index (χ3n) is 3.02. The summed E-state index contributed by atoms with van der Waals surface area (Å²) in [6.45, 7) is 7.08. The lowest BCUT2D eigenvalue weighted by Gasteiger charge is -2.11. The Bertz CT molecular complexity index is 564. The lowest BCUT2D eigenvalue weighted by atomic mass is 10.1. The molecule has 1 aromatic heterocycles. The quantitative estimate of drug-likeness (QED) is 0.901. The second-order valence-electron chi connectivity index (χ2n) is 5.08. The highest BCUT2D eigenvalue weighted by atomic mass is 19.1. The number of hydrogen-bond donors (Lipinski definition) is 1. The maximum atomic E-state index is 12.9. The van der Waals surface area contributed by atoms with E-state index in [4.69, 9.17) is 0 Å². The maximum Gasteiger partial charge on any atom is 0.135 e. The summed E-state index contributed by atoms with van der Waals surface area (Å²) >= 11 is 0. The minimum Gasteiger partial charge on any atom is -0.370 e. The summed E-state index contributed by atoms with van der Waals surface area (Å²) in [6, 6.07) is 8.46. The Morgan fingerprint density at radius 1 is 1.15 bits per heavy atom. The average molecular weight is 273 g/mol. The molecule has 1 heterocycles. The molecule has 106 valence electrons. The van der Waals surface area contributed by atoms with Gasteiger partial charge in [-0.1, -0.05) is 26.0 Å². The Kier molecular flexibility index (Phi) is 4.66. The van der Waals surface area contributed by atoms with E-state index in [9.17, 15) is 4.39 Å². The summed E-state index contributed by atoms with van der Waals surface area (Å²) in [7, 11) is 0. The van der Waals surface area contributed by atoms with E-state index in [2.05, 4.69) is 29.1 Å². The van der Waals surface area contributed by atoms with Crippen LogP contribution in [0.5, 0.6) is 0 Å². The van der Waals surface area contributed by atoms with E-state index in [1.165, 1.54) is 12.1 Å². The molecular formula is C16H20FN3. The Morgan fingerprint density at radius 2 is 1.85 bits per heavy atom. The standard InChI is InChI=1S/C16H20FN3/c1-4-18-15-10-14(11(2)3)19-16(20-15)9-12-5-7-13(17)8-6-12/h5-8,10-11H,4,9H2,1-3H3,(H,18,19,20). The topological polar surface area (TPSA) is 37.8 Å². The van der Waals surface area contributed by atoms with Gasteiger partial charge in [0.2, 0.25) is 0 Å².